The monoisotopic (exact) mass is 518 g/mol. The summed E-state index contributed by atoms with van der Waals surface area (Å²) in [4.78, 5) is 4.45. The van der Waals surface area contributed by atoms with Gasteiger partial charge in [0.1, 0.15) is 4.21 Å². The topological polar surface area (TPSA) is 91.8 Å². The molecule has 0 unspecified atom stereocenters. The molecule has 0 spiro atoms. The third kappa shape index (κ3) is 11.3. The smallest absolute Gasteiger partial charge is 0.250 e. The Morgan fingerprint density at radius 2 is 2.08 bits per heavy atom. The molecular formula is C16H31IN4O3S2. The van der Waals surface area contributed by atoms with E-state index in [0.717, 1.165) is 19.6 Å². The van der Waals surface area contributed by atoms with E-state index >= 15 is 0 Å². The van der Waals surface area contributed by atoms with E-state index < -0.39 is 10.0 Å². The predicted molar refractivity (Wildman–Crippen MR) is 119 cm³/mol. The van der Waals surface area contributed by atoms with Crippen LogP contribution in [0.3, 0.4) is 0 Å². The van der Waals surface area contributed by atoms with Crippen molar-refractivity contribution in [1.29, 1.82) is 0 Å². The minimum atomic E-state index is -3.41. The van der Waals surface area contributed by atoms with Crippen LogP contribution in [0.1, 0.15) is 27.2 Å². The summed E-state index contributed by atoms with van der Waals surface area (Å²) in [5.74, 6) is 1.22. The fourth-order valence-corrected chi connectivity index (χ4v) is 3.94. The van der Waals surface area contributed by atoms with Crippen molar-refractivity contribution in [1.82, 2.24) is 15.4 Å². The highest BCUT2D eigenvalue weighted by molar-refractivity contribution is 14.0. The lowest BCUT2D eigenvalue weighted by Crippen LogP contribution is -2.41. The van der Waals surface area contributed by atoms with Crippen molar-refractivity contribution in [3.63, 3.8) is 0 Å². The zero-order valence-electron chi connectivity index (χ0n) is 15.7. The molecule has 7 nitrogen and oxygen atoms in total. The Morgan fingerprint density at radius 3 is 2.69 bits per heavy atom. The summed E-state index contributed by atoms with van der Waals surface area (Å²) in [6.45, 7) is 9.86. The lowest BCUT2D eigenvalue weighted by atomic mass is 10.2. The molecule has 0 saturated carbocycles. The van der Waals surface area contributed by atoms with Crippen LogP contribution >= 0.6 is 35.3 Å². The fourth-order valence-electron chi connectivity index (χ4n) is 1.87. The Balaban J connectivity index is 0.00000625. The lowest BCUT2D eigenvalue weighted by Gasteiger charge is -2.12. The normalized spacial score (nSPS) is 12.1. The minimum Gasteiger partial charge on any atom is -0.381 e. The number of nitrogens with one attached hydrogen (secondary N) is 3. The number of rotatable bonds is 12. The number of hydrogen-bond donors (Lipinski definition) is 3. The third-order valence-corrected chi connectivity index (χ3v) is 5.84. The Kier molecular flexibility index (Phi) is 14.4. The average Bonchev–Trinajstić information content (AvgIpc) is 3.09. The lowest BCUT2D eigenvalue weighted by molar-refractivity contribution is 0.109. The number of hydrogen-bond acceptors (Lipinski definition) is 5. The van der Waals surface area contributed by atoms with Gasteiger partial charge in [0.2, 0.25) is 10.0 Å². The highest BCUT2D eigenvalue weighted by atomic mass is 127. The van der Waals surface area contributed by atoms with E-state index in [9.17, 15) is 8.42 Å². The Hall–Kier alpha value is -0.430. The fraction of sp³-hybridized carbons (Fsp3) is 0.688. The first-order chi connectivity index (χ1) is 12.0. The van der Waals surface area contributed by atoms with Gasteiger partial charge in [-0.3, -0.25) is 4.99 Å². The van der Waals surface area contributed by atoms with Crippen molar-refractivity contribution in [3.8, 4) is 0 Å². The van der Waals surface area contributed by atoms with Crippen LogP contribution in [-0.4, -0.2) is 53.8 Å². The molecule has 0 aliphatic rings. The molecule has 0 atom stereocenters. The number of halogens is 1. The van der Waals surface area contributed by atoms with Crippen LogP contribution in [0.2, 0.25) is 0 Å². The molecule has 0 fully saturated rings. The Labute approximate surface area is 178 Å². The summed E-state index contributed by atoms with van der Waals surface area (Å²) >= 11 is 1.20. The van der Waals surface area contributed by atoms with E-state index in [-0.39, 0.29) is 24.0 Å². The van der Waals surface area contributed by atoms with Crippen LogP contribution in [-0.2, 0) is 14.8 Å². The average molecular weight is 518 g/mol. The van der Waals surface area contributed by atoms with Crippen molar-refractivity contribution >= 4 is 51.3 Å². The number of nitrogens with zero attached hydrogens (tertiary/aromatic N) is 1. The molecule has 3 N–H and O–H groups in total. The zero-order chi connectivity index (χ0) is 18.5. The van der Waals surface area contributed by atoms with Crippen molar-refractivity contribution in [2.75, 3.05) is 39.4 Å². The summed E-state index contributed by atoms with van der Waals surface area (Å²) in [6.07, 6.45) is 0.855. The van der Waals surface area contributed by atoms with E-state index in [4.69, 9.17) is 4.74 Å². The maximum absolute atomic E-state index is 12.0. The first kappa shape index (κ1) is 25.6. The van der Waals surface area contributed by atoms with Gasteiger partial charge < -0.3 is 15.4 Å². The number of aliphatic imine (C=N–C) groups is 1. The molecule has 1 rings (SSSR count). The Morgan fingerprint density at radius 1 is 1.31 bits per heavy atom. The molecule has 0 bridgehead atoms. The molecule has 0 aromatic carbocycles. The largest absolute Gasteiger partial charge is 0.381 e. The maximum atomic E-state index is 12.0. The number of sulfonamides is 1. The molecule has 0 aliphatic carbocycles. The van der Waals surface area contributed by atoms with E-state index in [1.165, 1.54) is 11.3 Å². The van der Waals surface area contributed by atoms with E-state index in [1.54, 1.807) is 17.5 Å². The molecule has 26 heavy (non-hydrogen) atoms. The zero-order valence-corrected chi connectivity index (χ0v) is 19.6. The second-order valence-corrected chi connectivity index (χ2v) is 8.78. The van der Waals surface area contributed by atoms with Gasteiger partial charge in [-0.25, -0.2) is 13.1 Å². The summed E-state index contributed by atoms with van der Waals surface area (Å²) < 4.78 is 32.4. The SMILES string of the molecule is CCNC(=NCCCOCC(C)C)NCCNS(=O)(=O)c1cccs1.I. The van der Waals surface area contributed by atoms with Crippen LogP contribution in [0.4, 0.5) is 0 Å². The number of ether oxygens (including phenoxy) is 1. The van der Waals surface area contributed by atoms with Gasteiger partial charge in [0, 0.05) is 39.4 Å². The molecular weight excluding hydrogens is 487 g/mol. The number of thiophene rings is 1. The molecule has 0 aliphatic heterocycles. The van der Waals surface area contributed by atoms with E-state index in [1.807, 2.05) is 6.92 Å². The van der Waals surface area contributed by atoms with Crippen molar-refractivity contribution in [2.24, 2.45) is 10.9 Å². The second-order valence-electron chi connectivity index (χ2n) is 5.84. The van der Waals surface area contributed by atoms with Crippen molar-refractivity contribution in [3.05, 3.63) is 17.5 Å². The first-order valence-corrected chi connectivity index (χ1v) is 10.9. The maximum Gasteiger partial charge on any atom is 0.250 e. The standard InChI is InChI=1S/C16H30N4O3S2.HI/c1-4-17-16(18-8-6-11-23-13-14(2)3)19-9-10-20-25(21,22)15-7-5-12-24-15;/h5,7,12,14,20H,4,6,8-11,13H2,1-3H3,(H2,17,18,19);1H. The first-order valence-electron chi connectivity index (χ1n) is 8.58. The molecule has 0 saturated heterocycles. The molecule has 1 aromatic heterocycles. The molecule has 1 aromatic rings. The van der Waals surface area contributed by atoms with Crippen LogP contribution in [0.15, 0.2) is 26.7 Å². The van der Waals surface area contributed by atoms with Gasteiger partial charge in [0.15, 0.2) is 5.96 Å². The van der Waals surface area contributed by atoms with Gasteiger partial charge in [0.05, 0.1) is 0 Å². The van der Waals surface area contributed by atoms with Gasteiger partial charge in [0.25, 0.3) is 0 Å². The Bertz CT molecular complexity index is 593. The summed E-state index contributed by atoms with van der Waals surface area (Å²) in [6, 6.07) is 3.31. The van der Waals surface area contributed by atoms with Crippen LogP contribution in [0.25, 0.3) is 0 Å². The van der Waals surface area contributed by atoms with Crippen LogP contribution < -0.4 is 15.4 Å². The highest BCUT2D eigenvalue weighted by Crippen LogP contribution is 2.14. The predicted octanol–water partition coefficient (Wildman–Crippen LogP) is 2.26. The van der Waals surface area contributed by atoms with Crippen LogP contribution in [0, 0.1) is 5.92 Å². The van der Waals surface area contributed by atoms with Gasteiger partial charge in [-0.1, -0.05) is 19.9 Å². The second kappa shape index (κ2) is 14.6. The van der Waals surface area contributed by atoms with Gasteiger partial charge >= 0.3 is 0 Å². The summed E-state index contributed by atoms with van der Waals surface area (Å²) in [5, 5.41) is 8.01. The molecule has 0 amide bonds. The van der Waals surface area contributed by atoms with Crippen molar-refractivity contribution in [2.45, 2.75) is 31.4 Å². The number of guanidine groups is 1. The highest BCUT2D eigenvalue weighted by Gasteiger charge is 2.13. The van der Waals surface area contributed by atoms with Crippen molar-refractivity contribution < 1.29 is 13.2 Å². The minimum absolute atomic E-state index is 0. The molecule has 152 valence electrons. The molecule has 0 radical (unpaired) electrons. The summed E-state index contributed by atoms with van der Waals surface area (Å²) in [7, 11) is -3.41. The van der Waals surface area contributed by atoms with Gasteiger partial charge in [-0.15, -0.1) is 35.3 Å². The third-order valence-electron chi connectivity index (χ3n) is 2.98. The summed E-state index contributed by atoms with van der Waals surface area (Å²) in [5.41, 5.74) is 0. The van der Waals surface area contributed by atoms with E-state index in [2.05, 4.69) is 34.2 Å². The quantitative estimate of drug-likeness (QED) is 0.171. The van der Waals surface area contributed by atoms with Gasteiger partial charge in [-0.05, 0) is 30.7 Å². The molecule has 10 heteroatoms. The van der Waals surface area contributed by atoms with Crippen LogP contribution in [0.5, 0.6) is 0 Å². The van der Waals surface area contributed by atoms with Gasteiger partial charge in [-0.2, -0.15) is 0 Å². The molecule has 1 heterocycles. The van der Waals surface area contributed by atoms with E-state index in [0.29, 0.717) is 42.3 Å².